The van der Waals surface area contributed by atoms with Gasteiger partial charge in [0.15, 0.2) is 0 Å². The number of nitrogens with one attached hydrogen (secondary N) is 2. The van der Waals surface area contributed by atoms with Crippen LogP contribution in [0.5, 0.6) is 0 Å². The molecular formula is C19H26N2O. The zero-order valence-corrected chi connectivity index (χ0v) is 13.3. The largest absolute Gasteiger partial charge is 0.335 e. The van der Waals surface area contributed by atoms with Gasteiger partial charge in [0, 0.05) is 11.7 Å². The third kappa shape index (κ3) is 2.62. The van der Waals surface area contributed by atoms with E-state index in [1.165, 1.54) is 37.7 Å². The van der Waals surface area contributed by atoms with Crippen LogP contribution in [0.15, 0.2) is 24.3 Å². The summed E-state index contributed by atoms with van der Waals surface area (Å²) >= 11 is 0. The molecule has 4 aliphatic carbocycles. The molecule has 0 saturated heterocycles. The zero-order chi connectivity index (χ0) is 15.1. The summed E-state index contributed by atoms with van der Waals surface area (Å²) < 4.78 is 0. The monoisotopic (exact) mass is 298 g/mol. The van der Waals surface area contributed by atoms with E-state index in [1.54, 1.807) is 0 Å². The minimum atomic E-state index is -0.0225. The highest BCUT2D eigenvalue weighted by molar-refractivity contribution is 5.89. The van der Waals surface area contributed by atoms with Crippen molar-refractivity contribution in [2.75, 3.05) is 5.32 Å². The fraction of sp³-hybridized carbons (Fsp3) is 0.632. The second-order valence-electron chi connectivity index (χ2n) is 7.61. The Labute approximate surface area is 132 Å². The number of benzene rings is 1. The molecule has 118 valence electrons. The maximum absolute atomic E-state index is 12.4. The van der Waals surface area contributed by atoms with Gasteiger partial charge in [-0.3, -0.25) is 0 Å². The lowest BCUT2D eigenvalue weighted by molar-refractivity contribution is -0.00883. The molecular weight excluding hydrogens is 272 g/mol. The van der Waals surface area contributed by atoms with Crippen LogP contribution in [0.4, 0.5) is 10.5 Å². The van der Waals surface area contributed by atoms with Gasteiger partial charge in [-0.05, 0) is 79.9 Å². The number of carbonyl (C=O) groups excluding carboxylic acids is 1. The van der Waals surface area contributed by atoms with Crippen LogP contribution in [0.1, 0.15) is 44.6 Å². The van der Waals surface area contributed by atoms with Crippen molar-refractivity contribution in [1.82, 2.24) is 5.32 Å². The van der Waals surface area contributed by atoms with E-state index in [0.29, 0.717) is 6.04 Å². The zero-order valence-electron chi connectivity index (χ0n) is 13.3. The van der Waals surface area contributed by atoms with Crippen LogP contribution in [0.25, 0.3) is 0 Å². The summed E-state index contributed by atoms with van der Waals surface area (Å²) in [5.74, 6) is 3.35. The Morgan fingerprint density at radius 1 is 1.09 bits per heavy atom. The summed E-state index contributed by atoms with van der Waals surface area (Å²) in [5, 5.41) is 6.32. The number of urea groups is 1. The standard InChI is InChI=1S/C19H26N2O/c1-2-12-4-3-5-17(11-12)20-19(22)21-18-15-7-13-6-14(9-15)10-16(18)8-13/h3-5,11,13-16,18H,2,6-10H2,1H3,(H2,20,21,22). The van der Waals surface area contributed by atoms with Crippen molar-refractivity contribution in [2.45, 2.75) is 51.5 Å². The third-order valence-electron chi connectivity index (χ3n) is 6.12. The smallest absolute Gasteiger partial charge is 0.319 e. The van der Waals surface area contributed by atoms with E-state index in [2.05, 4.69) is 29.7 Å². The van der Waals surface area contributed by atoms with Gasteiger partial charge in [-0.2, -0.15) is 0 Å². The summed E-state index contributed by atoms with van der Waals surface area (Å²) in [7, 11) is 0. The molecule has 2 amide bonds. The highest BCUT2D eigenvalue weighted by Crippen LogP contribution is 2.53. The fourth-order valence-electron chi connectivity index (χ4n) is 5.35. The molecule has 0 aliphatic heterocycles. The average Bonchev–Trinajstić information content (AvgIpc) is 2.50. The van der Waals surface area contributed by atoms with Crippen molar-refractivity contribution in [3.63, 3.8) is 0 Å². The first-order chi connectivity index (χ1) is 10.7. The maximum Gasteiger partial charge on any atom is 0.319 e. The molecule has 1 aromatic carbocycles. The van der Waals surface area contributed by atoms with E-state index in [0.717, 1.165) is 35.8 Å². The van der Waals surface area contributed by atoms with Gasteiger partial charge >= 0.3 is 6.03 Å². The Kier molecular flexibility index (Phi) is 3.59. The maximum atomic E-state index is 12.4. The minimum absolute atomic E-state index is 0.0225. The van der Waals surface area contributed by atoms with Gasteiger partial charge in [0.05, 0.1) is 0 Å². The van der Waals surface area contributed by atoms with Crippen LogP contribution in [-0.2, 0) is 6.42 Å². The summed E-state index contributed by atoms with van der Waals surface area (Å²) in [4.78, 5) is 12.4. The summed E-state index contributed by atoms with van der Waals surface area (Å²) in [6.45, 7) is 2.13. The fourth-order valence-corrected chi connectivity index (χ4v) is 5.35. The average molecular weight is 298 g/mol. The molecule has 2 N–H and O–H groups in total. The van der Waals surface area contributed by atoms with Crippen molar-refractivity contribution in [2.24, 2.45) is 23.7 Å². The van der Waals surface area contributed by atoms with E-state index in [9.17, 15) is 4.79 Å². The van der Waals surface area contributed by atoms with Gasteiger partial charge in [-0.1, -0.05) is 19.1 Å². The lowest BCUT2D eigenvalue weighted by Gasteiger charge is -2.54. The normalized spacial score (nSPS) is 35.4. The third-order valence-corrected chi connectivity index (χ3v) is 6.12. The Balaban J connectivity index is 1.39. The summed E-state index contributed by atoms with van der Waals surface area (Å²) in [5.41, 5.74) is 2.16. The first-order valence-electron chi connectivity index (χ1n) is 8.87. The molecule has 0 radical (unpaired) electrons. The molecule has 4 aliphatic rings. The van der Waals surface area contributed by atoms with Crippen LogP contribution < -0.4 is 10.6 Å². The predicted octanol–water partition coefficient (Wildman–Crippen LogP) is 4.20. The highest BCUT2D eigenvalue weighted by Gasteiger charge is 2.48. The Bertz CT molecular complexity index is 540. The lowest BCUT2D eigenvalue weighted by Crippen LogP contribution is -2.56. The molecule has 3 nitrogen and oxygen atoms in total. The number of rotatable bonds is 3. The number of amides is 2. The molecule has 22 heavy (non-hydrogen) atoms. The number of carbonyl (C=O) groups is 1. The van der Waals surface area contributed by atoms with Crippen molar-refractivity contribution in [1.29, 1.82) is 0 Å². The molecule has 0 heterocycles. The predicted molar refractivity (Wildman–Crippen MR) is 88.8 cm³/mol. The van der Waals surface area contributed by atoms with Gasteiger partial charge in [-0.25, -0.2) is 4.79 Å². The van der Waals surface area contributed by atoms with E-state index >= 15 is 0 Å². The van der Waals surface area contributed by atoms with Gasteiger partial charge in [0.25, 0.3) is 0 Å². The van der Waals surface area contributed by atoms with Crippen LogP contribution in [0, 0.1) is 23.7 Å². The lowest BCUT2D eigenvalue weighted by atomic mass is 9.54. The molecule has 3 heteroatoms. The van der Waals surface area contributed by atoms with Crippen molar-refractivity contribution in [3.8, 4) is 0 Å². The highest BCUT2D eigenvalue weighted by atomic mass is 16.2. The second kappa shape index (κ2) is 5.60. The van der Waals surface area contributed by atoms with Crippen LogP contribution >= 0.6 is 0 Å². The van der Waals surface area contributed by atoms with Crippen LogP contribution in [0.3, 0.4) is 0 Å². The van der Waals surface area contributed by atoms with Crippen molar-refractivity contribution >= 4 is 11.7 Å². The molecule has 4 fully saturated rings. The van der Waals surface area contributed by atoms with Gasteiger partial charge in [-0.15, -0.1) is 0 Å². The first kappa shape index (κ1) is 14.1. The Morgan fingerprint density at radius 3 is 2.41 bits per heavy atom. The van der Waals surface area contributed by atoms with Crippen molar-refractivity contribution in [3.05, 3.63) is 29.8 Å². The molecule has 4 saturated carbocycles. The topological polar surface area (TPSA) is 41.1 Å². The van der Waals surface area contributed by atoms with Crippen LogP contribution in [-0.4, -0.2) is 12.1 Å². The Morgan fingerprint density at radius 2 is 1.77 bits per heavy atom. The van der Waals surface area contributed by atoms with E-state index < -0.39 is 0 Å². The minimum Gasteiger partial charge on any atom is -0.335 e. The first-order valence-corrected chi connectivity index (χ1v) is 8.87. The molecule has 1 aromatic rings. The molecule has 0 unspecified atom stereocenters. The number of anilines is 1. The Hall–Kier alpha value is -1.51. The quantitative estimate of drug-likeness (QED) is 0.863. The number of hydrogen-bond donors (Lipinski definition) is 2. The van der Waals surface area contributed by atoms with E-state index in [1.807, 2.05) is 12.1 Å². The molecule has 0 atom stereocenters. The van der Waals surface area contributed by atoms with E-state index in [-0.39, 0.29) is 6.03 Å². The second-order valence-corrected chi connectivity index (χ2v) is 7.61. The van der Waals surface area contributed by atoms with Crippen molar-refractivity contribution < 1.29 is 4.79 Å². The number of aryl methyl sites for hydroxylation is 1. The SMILES string of the molecule is CCc1cccc(NC(=O)NC2C3CC4CC(C3)CC2C4)c1. The number of hydrogen-bond acceptors (Lipinski definition) is 1. The molecule has 4 bridgehead atoms. The van der Waals surface area contributed by atoms with Gasteiger partial charge in [0.1, 0.15) is 0 Å². The van der Waals surface area contributed by atoms with Gasteiger partial charge in [0.2, 0.25) is 0 Å². The van der Waals surface area contributed by atoms with Gasteiger partial charge < -0.3 is 10.6 Å². The molecule has 0 spiro atoms. The molecule has 0 aromatic heterocycles. The summed E-state index contributed by atoms with van der Waals surface area (Å²) in [6, 6.07) is 8.53. The van der Waals surface area contributed by atoms with E-state index in [4.69, 9.17) is 0 Å². The van der Waals surface area contributed by atoms with Crippen LogP contribution in [0.2, 0.25) is 0 Å². The molecule has 5 rings (SSSR count). The summed E-state index contributed by atoms with van der Waals surface area (Å²) in [6.07, 6.45) is 7.79.